The summed E-state index contributed by atoms with van der Waals surface area (Å²) in [6.45, 7) is 0.158. The van der Waals surface area contributed by atoms with Crippen molar-refractivity contribution in [2.45, 2.75) is 11.0 Å². The first kappa shape index (κ1) is 23.2. The number of carbonyl (C=O) groups excluding carboxylic acids is 1. The Labute approximate surface area is 201 Å². The van der Waals surface area contributed by atoms with E-state index in [4.69, 9.17) is 32.7 Å². The molecule has 3 aromatic rings. The van der Waals surface area contributed by atoms with Crippen LogP contribution in [-0.4, -0.2) is 40.1 Å². The Bertz CT molecular complexity index is 1250. The predicted molar refractivity (Wildman–Crippen MR) is 127 cm³/mol. The van der Waals surface area contributed by atoms with Crippen LogP contribution in [0.15, 0.2) is 77.7 Å². The van der Waals surface area contributed by atoms with Crippen LogP contribution in [0.4, 0.5) is 5.69 Å². The fourth-order valence-corrected chi connectivity index (χ4v) is 5.16. The Morgan fingerprint density at radius 2 is 1.79 bits per heavy atom. The van der Waals surface area contributed by atoms with Gasteiger partial charge in [-0.3, -0.25) is 9.10 Å². The van der Waals surface area contributed by atoms with E-state index in [1.807, 2.05) is 0 Å². The van der Waals surface area contributed by atoms with Crippen molar-refractivity contribution < 1.29 is 22.7 Å². The molecule has 1 N–H and O–H groups in total. The van der Waals surface area contributed by atoms with E-state index in [0.29, 0.717) is 15.8 Å². The lowest BCUT2D eigenvalue weighted by Crippen LogP contribution is -2.51. The zero-order chi connectivity index (χ0) is 23.4. The van der Waals surface area contributed by atoms with Crippen LogP contribution in [0.5, 0.6) is 11.5 Å². The van der Waals surface area contributed by atoms with Gasteiger partial charge in [-0.1, -0.05) is 53.5 Å². The number of hydrogen-bond donors (Lipinski definition) is 1. The maximum Gasteiger partial charge on any atom is 0.264 e. The van der Waals surface area contributed by atoms with Crippen LogP contribution in [0.1, 0.15) is 0 Å². The van der Waals surface area contributed by atoms with Gasteiger partial charge >= 0.3 is 0 Å². The number of amides is 1. The Morgan fingerprint density at radius 3 is 2.55 bits per heavy atom. The minimum atomic E-state index is -3.95. The van der Waals surface area contributed by atoms with Gasteiger partial charge in [-0.2, -0.15) is 0 Å². The van der Waals surface area contributed by atoms with Gasteiger partial charge in [0.1, 0.15) is 18.1 Å². The van der Waals surface area contributed by atoms with Crippen molar-refractivity contribution in [2.75, 3.05) is 24.0 Å². The van der Waals surface area contributed by atoms with Crippen LogP contribution in [-0.2, 0) is 14.8 Å². The molecule has 0 radical (unpaired) electrons. The molecular formula is C23H20Cl2N2O5S. The SMILES string of the molecule is O=C(NCCOc1ccccc1Cl)C1CN(S(=O)(=O)c2ccccc2)c2cc(Cl)ccc2O1. The van der Waals surface area contributed by atoms with Gasteiger partial charge in [-0.25, -0.2) is 8.42 Å². The summed E-state index contributed by atoms with van der Waals surface area (Å²) in [6.07, 6.45) is -1.06. The highest BCUT2D eigenvalue weighted by molar-refractivity contribution is 7.92. The van der Waals surface area contributed by atoms with E-state index in [2.05, 4.69) is 5.32 Å². The molecule has 0 bridgehead atoms. The van der Waals surface area contributed by atoms with Crippen LogP contribution in [0.2, 0.25) is 10.0 Å². The molecule has 1 amide bonds. The highest BCUT2D eigenvalue weighted by Crippen LogP contribution is 2.38. The lowest BCUT2D eigenvalue weighted by atomic mass is 10.2. The van der Waals surface area contributed by atoms with Crippen LogP contribution in [0.3, 0.4) is 0 Å². The van der Waals surface area contributed by atoms with Crippen molar-refractivity contribution in [1.29, 1.82) is 0 Å². The zero-order valence-electron chi connectivity index (χ0n) is 17.3. The number of ether oxygens (including phenoxy) is 2. The number of para-hydroxylation sites is 1. The van der Waals surface area contributed by atoms with E-state index in [1.165, 1.54) is 18.2 Å². The van der Waals surface area contributed by atoms with Crippen LogP contribution in [0.25, 0.3) is 0 Å². The van der Waals surface area contributed by atoms with E-state index in [-0.39, 0.29) is 36.0 Å². The number of nitrogens with zero attached hydrogens (tertiary/aromatic N) is 1. The zero-order valence-corrected chi connectivity index (χ0v) is 19.6. The van der Waals surface area contributed by atoms with Crippen molar-refractivity contribution in [3.63, 3.8) is 0 Å². The van der Waals surface area contributed by atoms with Gasteiger partial charge < -0.3 is 14.8 Å². The van der Waals surface area contributed by atoms with E-state index < -0.39 is 22.0 Å². The number of sulfonamides is 1. The first-order chi connectivity index (χ1) is 15.9. The molecule has 0 saturated carbocycles. The summed E-state index contributed by atoms with van der Waals surface area (Å²) in [4.78, 5) is 12.9. The summed E-state index contributed by atoms with van der Waals surface area (Å²) in [5, 5.41) is 3.54. The van der Waals surface area contributed by atoms with Crippen LogP contribution < -0.4 is 19.1 Å². The minimum Gasteiger partial charge on any atom is -0.490 e. The van der Waals surface area contributed by atoms with E-state index >= 15 is 0 Å². The van der Waals surface area contributed by atoms with E-state index in [9.17, 15) is 13.2 Å². The van der Waals surface area contributed by atoms with Gasteiger partial charge in [0, 0.05) is 5.02 Å². The highest BCUT2D eigenvalue weighted by atomic mass is 35.5. The maximum atomic E-state index is 13.3. The third-order valence-corrected chi connectivity index (χ3v) is 7.25. The second-order valence-electron chi connectivity index (χ2n) is 7.14. The Hall–Kier alpha value is -2.94. The molecule has 1 atom stereocenters. The van der Waals surface area contributed by atoms with Crippen LogP contribution in [0, 0.1) is 0 Å². The first-order valence-corrected chi connectivity index (χ1v) is 12.2. The smallest absolute Gasteiger partial charge is 0.264 e. The number of carbonyl (C=O) groups is 1. The van der Waals surface area contributed by atoms with Crippen molar-refractivity contribution in [1.82, 2.24) is 5.32 Å². The molecule has 172 valence electrons. The van der Waals surface area contributed by atoms with Gasteiger partial charge in [0.2, 0.25) is 0 Å². The summed E-state index contributed by atoms with van der Waals surface area (Å²) in [7, 11) is -3.95. The second kappa shape index (κ2) is 9.91. The van der Waals surface area contributed by atoms with Crippen molar-refractivity contribution in [3.8, 4) is 11.5 Å². The van der Waals surface area contributed by atoms with Crippen molar-refractivity contribution in [2.24, 2.45) is 0 Å². The molecule has 1 heterocycles. The summed E-state index contributed by atoms with van der Waals surface area (Å²) in [6, 6.07) is 19.6. The largest absolute Gasteiger partial charge is 0.490 e. The van der Waals surface area contributed by atoms with Gasteiger partial charge in [-0.15, -0.1) is 0 Å². The number of hydrogen-bond acceptors (Lipinski definition) is 5. The van der Waals surface area contributed by atoms with Gasteiger partial charge in [-0.05, 0) is 42.5 Å². The Balaban J connectivity index is 1.49. The summed E-state index contributed by atoms with van der Waals surface area (Å²) in [5.74, 6) is 0.289. The van der Waals surface area contributed by atoms with Crippen molar-refractivity contribution >= 4 is 44.8 Å². The average molecular weight is 507 g/mol. The number of halogens is 2. The number of anilines is 1. The van der Waals surface area contributed by atoms with Gasteiger partial charge in [0.15, 0.2) is 6.10 Å². The lowest BCUT2D eigenvalue weighted by molar-refractivity contribution is -0.127. The molecular weight excluding hydrogens is 487 g/mol. The molecule has 0 saturated heterocycles. The van der Waals surface area contributed by atoms with Crippen molar-refractivity contribution in [3.05, 3.63) is 82.8 Å². The summed E-state index contributed by atoms with van der Waals surface area (Å²) < 4.78 is 39.2. The second-order valence-corrected chi connectivity index (χ2v) is 9.84. The molecule has 1 unspecified atom stereocenters. The number of fused-ring (bicyclic) bond motifs is 1. The molecule has 10 heteroatoms. The van der Waals surface area contributed by atoms with Crippen LogP contribution >= 0.6 is 23.2 Å². The molecule has 7 nitrogen and oxygen atoms in total. The first-order valence-electron chi connectivity index (χ1n) is 10.1. The Morgan fingerprint density at radius 1 is 1.06 bits per heavy atom. The molecule has 1 aliphatic heterocycles. The standard InChI is InChI=1S/C23H20Cl2N2O5S/c24-16-10-11-21-19(14-16)27(33(29,30)17-6-2-1-3-7-17)15-22(32-21)23(28)26-12-13-31-20-9-5-4-8-18(20)25/h1-11,14,22H,12-13,15H2,(H,26,28). The monoisotopic (exact) mass is 506 g/mol. The van der Waals surface area contributed by atoms with Gasteiger partial charge in [0.25, 0.3) is 15.9 Å². The van der Waals surface area contributed by atoms with E-state index in [0.717, 1.165) is 4.31 Å². The topological polar surface area (TPSA) is 84.9 Å². The summed E-state index contributed by atoms with van der Waals surface area (Å²) in [5.41, 5.74) is 0.275. The highest BCUT2D eigenvalue weighted by Gasteiger charge is 2.37. The van der Waals surface area contributed by atoms with E-state index in [1.54, 1.807) is 54.6 Å². The average Bonchev–Trinajstić information content (AvgIpc) is 2.82. The maximum absolute atomic E-state index is 13.3. The number of rotatable bonds is 7. The Kier molecular flexibility index (Phi) is 6.97. The number of benzene rings is 3. The molecule has 0 fully saturated rings. The third-order valence-electron chi connectivity index (χ3n) is 4.91. The van der Waals surface area contributed by atoms with Gasteiger partial charge in [0.05, 0.1) is 28.7 Å². The molecule has 0 aliphatic carbocycles. The molecule has 1 aliphatic rings. The quantitative estimate of drug-likeness (QED) is 0.486. The molecule has 0 aromatic heterocycles. The number of nitrogens with one attached hydrogen (secondary N) is 1. The minimum absolute atomic E-state index is 0.102. The summed E-state index contributed by atoms with van der Waals surface area (Å²) >= 11 is 12.2. The third kappa shape index (κ3) is 5.19. The fourth-order valence-electron chi connectivity index (χ4n) is 3.32. The lowest BCUT2D eigenvalue weighted by Gasteiger charge is -2.34. The predicted octanol–water partition coefficient (Wildman–Crippen LogP) is 4.14. The molecule has 33 heavy (non-hydrogen) atoms. The fraction of sp³-hybridized carbons (Fsp3) is 0.174. The molecule has 3 aromatic carbocycles. The normalized spacial score (nSPS) is 15.3. The molecule has 4 rings (SSSR count). The molecule has 0 spiro atoms.